The van der Waals surface area contributed by atoms with Crippen molar-refractivity contribution in [3.05, 3.63) is 70.7 Å². The number of halogens is 1. The summed E-state index contributed by atoms with van der Waals surface area (Å²) in [6.45, 7) is 5.36. The smallest absolute Gasteiger partial charge is 0.0865 e. The number of nitrogens with zero attached hydrogens (tertiary/aromatic N) is 2. The first-order valence-corrected chi connectivity index (χ1v) is 10.5. The van der Waals surface area contributed by atoms with Crippen molar-refractivity contribution in [1.82, 2.24) is 4.90 Å². The summed E-state index contributed by atoms with van der Waals surface area (Å²) in [5.74, 6) is 0.460. The number of rotatable bonds is 10. The second-order valence-electron chi connectivity index (χ2n) is 7.61. The van der Waals surface area contributed by atoms with Crippen LogP contribution in [-0.4, -0.2) is 24.5 Å². The minimum Gasteiger partial charge on any atom is -0.303 e. The van der Waals surface area contributed by atoms with Gasteiger partial charge in [0.05, 0.1) is 11.5 Å². The summed E-state index contributed by atoms with van der Waals surface area (Å²) in [4.78, 5) is 2.49. The van der Waals surface area contributed by atoms with E-state index < -0.39 is 5.41 Å². The largest absolute Gasteiger partial charge is 0.303 e. The molecule has 0 aliphatic heterocycles. The molecular weight excluding hydrogens is 352 g/mol. The molecule has 1 aliphatic carbocycles. The van der Waals surface area contributed by atoms with Crippen molar-refractivity contribution >= 4 is 11.6 Å². The van der Waals surface area contributed by atoms with Gasteiger partial charge in [0.1, 0.15) is 0 Å². The van der Waals surface area contributed by atoms with E-state index in [0.29, 0.717) is 5.92 Å². The van der Waals surface area contributed by atoms with Gasteiger partial charge in [-0.3, -0.25) is 0 Å². The Morgan fingerprint density at radius 2 is 1.78 bits per heavy atom. The Morgan fingerprint density at radius 3 is 2.41 bits per heavy atom. The van der Waals surface area contributed by atoms with Gasteiger partial charge in [-0.25, -0.2) is 0 Å². The van der Waals surface area contributed by atoms with E-state index in [9.17, 15) is 5.26 Å². The maximum Gasteiger partial charge on any atom is 0.0865 e. The summed E-state index contributed by atoms with van der Waals surface area (Å²) in [6.07, 6.45) is 5.28. The summed E-state index contributed by atoms with van der Waals surface area (Å²) in [5.41, 5.74) is 2.00. The molecule has 1 saturated carbocycles. The summed E-state index contributed by atoms with van der Waals surface area (Å²) < 4.78 is 0. The van der Waals surface area contributed by atoms with E-state index in [4.69, 9.17) is 11.6 Å². The Balaban J connectivity index is 1.60. The Labute approximate surface area is 168 Å². The van der Waals surface area contributed by atoms with Crippen LogP contribution in [0.2, 0.25) is 5.02 Å². The van der Waals surface area contributed by atoms with Gasteiger partial charge in [0, 0.05) is 11.6 Å². The molecule has 142 valence electrons. The Hall–Kier alpha value is -1.82. The molecule has 2 nitrogen and oxygen atoms in total. The van der Waals surface area contributed by atoms with Crippen molar-refractivity contribution in [3.8, 4) is 6.07 Å². The van der Waals surface area contributed by atoms with Gasteiger partial charge in [0.15, 0.2) is 0 Å². The van der Waals surface area contributed by atoms with Crippen LogP contribution in [0.25, 0.3) is 0 Å². The third kappa shape index (κ3) is 4.92. The van der Waals surface area contributed by atoms with Gasteiger partial charge in [0.25, 0.3) is 0 Å². The minimum atomic E-state index is -0.419. The molecular formula is C24H29ClN2. The zero-order chi connectivity index (χ0) is 19.1. The van der Waals surface area contributed by atoms with E-state index in [2.05, 4.69) is 54.3 Å². The molecule has 0 heterocycles. The van der Waals surface area contributed by atoms with Crippen LogP contribution in [0.3, 0.4) is 0 Å². The first kappa shape index (κ1) is 19.9. The SMILES string of the molecule is CCN(CCCC(C#N)(c1ccccc1Cl)C1CC1)CCc1ccccc1. The molecule has 0 spiro atoms. The normalized spacial score (nSPS) is 16.1. The van der Waals surface area contributed by atoms with Crippen LogP contribution >= 0.6 is 11.6 Å². The monoisotopic (exact) mass is 380 g/mol. The Bertz CT molecular complexity index is 763. The standard InChI is InChI=1S/C24H29ClN2/c1-2-27(18-15-20-9-4-3-5-10-20)17-8-16-24(19-26,21-13-14-21)22-11-6-7-12-23(22)25/h3-7,9-12,21H,2,8,13-18H2,1H3. The van der Waals surface area contributed by atoms with Crippen LogP contribution in [0.5, 0.6) is 0 Å². The van der Waals surface area contributed by atoms with Crippen LogP contribution < -0.4 is 0 Å². The van der Waals surface area contributed by atoms with Crippen LogP contribution in [0.4, 0.5) is 0 Å². The molecule has 0 saturated heterocycles. The maximum absolute atomic E-state index is 10.1. The lowest BCUT2D eigenvalue weighted by Crippen LogP contribution is -2.31. The van der Waals surface area contributed by atoms with Crippen molar-refractivity contribution in [2.75, 3.05) is 19.6 Å². The number of nitriles is 1. The van der Waals surface area contributed by atoms with Gasteiger partial charge in [-0.15, -0.1) is 0 Å². The van der Waals surface area contributed by atoms with Crippen LogP contribution in [0.15, 0.2) is 54.6 Å². The molecule has 0 N–H and O–H groups in total. The second-order valence-corrected chi connectivity index (χ2v) is 8.02. The molecule has 1 atom stereocenters. The van der Waals surface area contributed by atoms with Gasteiger partial charge in [-0.2, -0.15) is 5.26 Å². The molecule has 27 heavy (non-hydrogen) atoms. The van der Waals surface area contributed by atoms with Crippen molar-refractivity contribution in [2.24, 2.45) is 5.92 Å². The van der Waals surface area contributed by atoms with Gasteiger partial charge in [0.2, 0.25) is 0 Å². The first-order valence-electron chi connectivity index (χ1n) is 10.1. The highest BCUT2D eigenvalue weighted by Gasteiger charge is 2.47. The number of hydrogen-bond acceptors (Lipinski definition) is 2. The van der Waals surface area contributed by atoms with E-state index in [0.717, 1.165) is 62.3 Å². The lowest BCUT2D eigenvalue weighted by Gasteiger charge is -2.29. The fourth-order valence-corrected chi connectivity index (χ4v) is 4.41. The quantitative estimate of drug-likeness (QED) is 0.516. The molecule has 1 unspecified atom stereocenters. The third-order valence-corrected chi connectivity index (χ3v) is 6.21. The highest BCUT2D eigenvalue weighted by Crippen LogP contribution is 2.51. The lowest BCUT2D eigenvalue weighted by molar-refractivity contribution is 0.272. The van der Waals surface area contributed by atoms with E-state index in [1.54, 1.807) is 0 Å². The molecule has 0 amide bonds. The Morgan fingerprint density at radius 1 is 1.07 bits per heavy atom. The molecule has 2 aromatic rings. The van der Waals surface area contributed by atoms with Crippen LogP contribution in [0.1, 0.15) is 43.7 Å². The van der Waals surface area contributed by atoms with E-state index >= 15 is 0 Å². The minimum absolute atomic E-state index is 0.419. The average Bonchev–Trinajstić information content (AvgIpc) is 3.55. The summed E-state index contributed by atoms with van der Waals surface area (Å²) in [5, 5.41) is 10.9. The van der Waals surface area contributed by atoms with E-state index in [1.165, 1.54) is 5.56 Å². The molecule has 3 heteroatoms. The number of hydrogen-bond donors (Lipinski definition) is 0. The molecule has 0 bridgehead atoms. The van der Waals surface area contributed by atoms with Gasteiger partial charge in [-0.1, -0.05) is 67.1 Å². The third-order valence-electron chi connectivity index (χ3n) is 5.88. The molecule has 2 aromatic carbocycles. The van der Waals surface area contributed by atoms with Crippen molar-refractivity contribution in [1.29, 1.82) is 5.26 Å². The highest BCUT2D eigenvalue weighted by molar-refractivity contribution is 6.31. The van der Waals surface area contributed by atoms with Gasteiger partial charge in [-0.05, 0) is 68.3 Å². The molecule has 1 aliphatic rings. The zero-order valence-electron chi connectivity index (χ0n) is 16.2. The lowest BCUT2D eigenvalue weighted by atomic mass is 9.73. The fraction of sp³-hybridized carbons (Fsp3) is 0.458. The summed E-state index contributed by atoms with van der Waals surface area (Å²) in [6, 6.07) is 21.3. The molecule has 1 fully saturated rings. The van der Waals surface area contributed by atoms with E-state index in [1.807, 2.05) is 18.2 Å². The van der Waals surface area contributed by atoms with Gasteiger partial charge >= 0.3 is 0 Å². The fourth-order valence-electron chi connectivity index (χ4n) is 4.11. The molecule has 0 aromatic heterocycles. The number of likely N-dealkylation sites (N-methyl/N-ethyl adjacent to an activating group) is 1. The van der Waals surface area contributed by atoms with Crippen molar-refractivity contribution in [3.63, 3.8) is 0 Å². The molecule has 0 radical (unpaired) electrons. The van der Waals surface area contributed by atoms with Crippen LogP contribution in [-0.2, 0) is 11.8 Å². The zero-order valence-corrected chi connectivity index (χ0v) is 17.0. The maximum atomic E-state index is 10.1. The van der Waals surface area contributed by atoms with Crippen LogP contribution in [0, 0.1) is 17.2 Å². The predicted octanol–water partition coefficient (Wildman–Crippen LogP) is 5.86. The van der Waals surface area contributed by atoms with Crippen molar-refractivity contribution in [2.45, 2.75) is 44.4 Å². The second kappa shape index (κ2) is 9.40. The topological polar surface area (TPSA) is 27.0 Å². The number of benzene rings is 2. The highest BCUT2D eigenvalue weighted by atomic mass is 35.5. The summed E-state index contributed by atoms with van der Waals surface area (Å²) in [7, 11) is 0. The average molecular weight is 381 g/mol. The van der Waals surface area contributed by atoms with Gasteiger partial charge < -0.3 is 4.90 Å². The first-order chi connectivity index (χ1) is 13.2. The predicted molar refractivity (Wildman–Crippen MR) is 113 cm³/mol. The molecule has 3 rings (SSSR count). The van der Waals surface area contributed by atoms with Crippen molar-refractivity contribution < 1.29 is 0 Å². The summed E-state index contributed by atoms with van der Waals surface area (Å²) >= 11 is 6.48. The Kier molecular flexibility index (Phi) is 6.94. The van der Waals surface area contributed by atoms with E-state index in [-0.39, 0.29) is 0 Å².